The van der Waals surface area contributed by atoms with Crippen LogP contribution in [-0.2, 0) is 4.79 Å². The first-order valence-electron chi connectivity index (χ1n) is 10.8. The number of carbonyl (C=O) groups is 1. The van der Waals surface area contributed by atoms with Crippen LogP contribution in [0.15, 0.2) is 12.2 Å². The molecular formula is C22H44NO3+. The molecule has 2 unspecified atom stereocenters. The summed E-state index contributed by atoms with van der Waals surface area (Å²) >= 11 is 0. The van der Waals surface area contributed by atoms with Gasteiger partial charge in [0.25, 0.3) is 0 Å². The maximum atomic E-state index is 11.5. The molecule has 0 aliphatic heterocycles. The SMILES string of the molecule is C/C=C/CCCC(O)C[N+](CCCCC)(CCCCC)CC(C)C(=O)O. The molecule has 154 valence electrons. The van der Waals surface area contributed by atoms with E-state index in [1.54, 1.807) is 0 Å². The van der Waals surface area contributed by atoms with Gasteiger partial charge in [0.05, 0.1) is 19.6 Å². The van der Waals surface area contributed by atoms with E-state index in [-0.39, 0.29) is 12.0 Å². The van der Waals surface area contributed by atoms with Gasteiger partial charge in [0.1, 0.15) is 18.6 Å². The summed E-state index contributed by atoms with van der Waals surface area (Å²) in [5, 5.41) is 20.1. The standard InChI is InChI=1S/C22H43NO3/c1-5-8-11-12-15-21(24)19-23(16-13-9-6-2,17-14-10-7-3)18-20(4)22(25)26/h5,8,20-21,24H,6-7,9-19H2,1-4H3/p+1/b8-5+. The number of unbranched alkanes of at least 4 members (excludes halogenated alkanes) is 5. The Balaban J connectivity index is 5.07. The summed E-state index contributed by atoms with van der Waals surface area (Å²) in [6.45, 7) is 11.5. The van der Waals surface area contributed by atoms with E-state index in [4.69, 9.17) is 0 Å². The fourth-order valence-corrected chi connectivity index (χ4v) is 3.78. The van der Waals surface area contributed by atoms with Crippen molar-refractivity contribution in [3.8, 4) is 0 Å². The Labute approximate surface area is 161 Å². The van der Waals surface area contributed by atoms with Crippen LogP contribution in [0.2, 0.25) is 0 Å². The molecule has 2 atom stereocenters. The molecular weight excluding hydrogens is 326 g/mol. The van der Waals surface area contributed by atoms with E-state index in [2.05, 4.69) is 26.0 Å². The first-order valence-corrected chi connectivity index (χ1v) is 10.8. The van der Waals surface area contributed by atoms with E-state index in [1.807, 2.05) is 13.8 Å². The number of aliphatic hydroxyl groups is 1. The zero-order chi connectivity index (χ0) is 19.8. The third kappa shape index (κ3) is 11.7. The number of aliphatic hydroxyl groups excluding tert-OH is 1. The highest BCUT2D eigenvalue weighted by Crippen LogP contribution is 2.20. The van der Waals surface area contributed by atoms with Gasteiger partial charge < -0.3 is 14.7 Å². The second-order valence-electron chi connectivity index (χ2n) is 7.96. The predicted octanol–water partition coefficient (Wildman–Crippen LogP) is 5.01. The molecule has 4 heteroatoms. The van der Waals surface area contributed by atoms with Crippen LogP contribution in [0.5, 0.6) is 0 Å². The normalized spacial score (nSPS) is 14.7. The lowest BCUT2D eigenvalue weighted by Gasteiger charge is -2.41. The summed E-state index contributed by atoms with van der Waals surface area (Å²) in [4.78, 5) is 11.5. The average molecular weight is 371 g/mol. The monoisotopic (exact) mass is 370 g/mol. The number of hydrogen-bond donors (Lipinski definition) is 2. The van der Waals surface area contributed by atoms with Crippen LogP contribution >= 0.6 is 0 Å². The van der Waals surface area contributed by atoms with Gasteiger partial charge in [0.2, 0.25) is 0 Å². The summed E-state index contributed by atoms with van der Waals surface area (Å²) in [5.74, 6) is -1.09. The smallest absolute Gasteiger partial charge is 0.311 e. The molecule has 0 aromatic heterocycles. The summed E-state index contributed by atoms with van der Waals surface area (Å²) in [6.07, 6.45) is 13.5. The van der Waals surface area contributed by atoms with Gasteiger partial charge in [-0.25, -0.2) is 0 Å². The van der Waals surface area contributed by atoms with E-state index in [0.29, 0.717) is 13.1 Å². The Morgan fingerprint density at radius 1 is 1.00 bits per heavy atom. The van der Waals surface area contributed by atoms with E-state index in [0.717, 1.165) is 62.5 Å². The van der Waals surface area contributed by atoms with Crippen molar-refractivity contribution in [1.82, 2.24) is 0 Å². The number of allylic oxidation sites excluding steroid dienone is 2. The van der Waals surface area contributed by atoms with Crippen molar-refractivity contribution in [2.24, 2.45) is 5.92 Å². The molecule has 0 saturated carbocycles. The number of carboxylic acids is 1. The lowest BCUT2D eigenvalue weighted by molar-refractivity contribution is -0.933. The lowest BCUT2D eigenvalue weighted by Crippen LogP contribution is -2.56. The molecule has 2 N–H and O–H groups in total. The highest BCUT2D eigenvalue weighted by atomic mass is 16.4. The quantitative estimate of drug-likeness (QED) is 0.215. The van der Waals surface area contributed by atoms with Crippen LogP contribution in [0.25, 0.3) is 0 Å². The molecule has 0 bridgehead atoms. The maximum Gasteiger partial charge on any atom is 0.311 e. The summed E-state index contributed by atoms with van der Waals surface area (Å²) in [5.41, 5.74) is 0. The summed E-state index contributed by atoms with van der Waals surface area (Å²) in [6, 6.07) is 0. The zero-order valence-corrected chi connectivity index (χ0v) is 17.8. The average Bonchev–Trinajstić information content (AvgIpc) is 2.59. The molecule has 0 saturated heterocycles. The van der Waals surface area contributed by atoms with Crippen LogP contribution in [-0.4, -0.2) is 52.9 Å². The molecule has 0 spiro atoms. The first-order chi connectivity index (χ1) is 12.4. The van der Waals surface area contributed by atoms with E-state index < -0.39 is 5.97 Å². The molecule has 0 aliphatic rings. The van der Waals surface area contributed by atoms with Gasteiger partial charge in [-0.2, -0.15) is 0 Å². The molecule has 0 heterocycles. The summed E-state index contributed by atoms with van der Waals surface area (Å²) < 4.78 is 0.762. The van der Waals surface area contributed by atoms with Crippen molar-refractivity contribution >= 4 is 5.97 Å². The van der Waals surface area contributed by atoms with Gasteiger partial charge in [0.15, 0.2) is 0 Å². The number of rotatable bonds is 17. The molecule has 0 aromatic carbocycles. The Bertz CT molecular complexity index is 372. The first kappa shape index (κ1) is 25.1. The van der Waals surface area contributed by atoms with Crippen LogP contribution < -0.4 is 0 Å². The van der Waals surface area contributed by atoms with Gasteiger partial charge in [0, 0.05) is 0 Å². The molecule has 4 nitrogen and oxygen atoms in total. The topological polar surface area (TPSA) is 57.5 Å². The van der Waals surface area contributed by atoms with Crippen molar-refractivity contribution in [2.75, 3.05) is 26.2 Å². The molecule has 0 rings (SSSR count). The number of aliphatic carboxylic acids is 1. The molecule has 0 amide bonds. The largest absolute Gasteiger partial charge is 0.481 e. The molecule has 0 aliphatic carbocycles. The lowest BCUT2D eigenvalue weighted by atomic mass is 10.0. The van der Waals surface area contributed by atoms with Gasteiger partial charge >= 0.3 is 5.97 Å². The van der Waals surface area contributed by atoms with Gasteiger partial charge in [-0.05, 0) is 58.8 Å². The van der Waals surface area contributed by atoms with Gasteiger partial charge in [-0.1, -0.05) is 38.8 Å². The van der Waals surface area contributed by atoms with Crippen LogP contribution in [0.3, 0.4) is 0 Å². The Kier molecular flexibility index (Phi) is 14.7. The molecule has 0 fully saturated rings. The maximum absolute atomic E-state index is 11.5. The van der Waals surface area contributed by atoms with Crippen molar-refractivity contribution in [3.63, 3.8) is 0 Å². The molecule has 26 heavy (non-hydrogen) atoms. The van der Waals surface area contributed by atoms with E-state index in [1.165, 1.54) is 12.8 Å². The minimum Gasteiger partial charge on any atom is -0.481 e. The van der Waals surface area contributed by atoms with Crippen molar-refractivity contribution in [1.29, 1.82) is 0 Å². The Hall–Kier alpha value is -0.870. The Morgan fingerprint density at radius 3 is 2.04 bits per heavy atom. The van der Waals surface area contributed by atoms with E-state index >= 15 is 0 Å². The van der Waals surface area contributed by atoms with Crippen molar-refractivity contribution < 1.29 is 19.5 Å². The fourth-order valence-electron chi connectivity index (χ4n) is 3.78. The van der Waals surface area contributed by atoms with E-state index in [9.17, 15) is 15.0 Å². The van der Waals surface area contributed by atoms with Crippen LogP contribution in [0, 0.1) is 5.92 Å². The third-order valence-electron chi connectivity index (χ3n) is 5.30. The third-order valence-corrected chi connectivity index (χ3v) is 5.30. The number of hydrogen-bond acceptors (Lipinski definition) is 2. The van der Waals surface area contributed by atoms with Crippen LogP contribution in [0.1, 0.15) is 85.5 Å². The Morgan fingerprint density at radius 2 is 1.58 bits per heavy atom. The molecule has 0 radical (unpaired) electrons. The number of carboxylic acid groups (broad SMARTS) is 1. The minimum absolute atomic E-state index is 0.343. The number of quaternary nitrogens is 1. The predicted molar refractivity (Wildman–Crippen MR) is 110 cm³/mol. The minimum atomic E-state index is -0.721. The second-order valence-corrected chi connectivity index (χ2v) is 7.96. The number of nitrogens with zero attached hydrogens (tertiary/aromatic N) is 1. The molecule has 0 aromatic rings. The highest BCUT2D eigenvalue weighted by Gasteiger charge is 2.33. The van der Waals surface area contributed by atoms with Crippen molar-refractivity contribution in [2.45, 2.75) is 91.6 Å². The van der Waals surface area contributed by atoms with Crippen molar-refractivity contribution in [3.05, 3.63) is 12.2 Å². The highest BCUT2D eigenvalue weighted by molar-refractivity contribution is 5.69. The van der Waals surface area contributed by atoms with Gasteiger partial charge in [-0.15, -0.1) is 0 Å². The zero-order valence-electron chi connectivity index (χ0n) is 17.8. The fraction of sp³-hybridized carbons (Fsp3) is 0.864. The van der Waals surface area contributed by atoms with Crippen LogP contribution in [0.4, 0.5) is 0 Å². The van der Waals surface area contributed by atoms with Gasteiger partial charge in [-0.3, -0.25) is 4.79 Å². The summed E-state index contributed by atoms with van der Waals surface area (Å²) in [7, 11) is 0. The second kappa shape index (κ2) is 15.2.